The molecule has 1 saturated heterocycles. The van der Waals surface area contributed by atoms with Crippen LogP contribution >= 0.6 is 0 Å². The molecular weight excluding hydrogens is 370 g/mol. The monoisotopic (exact) mass is 397 g/mol. The van der Waals surface area contributed by atoms with Crippen LogP contribution in [0, 0.1) is 0 Å². The molecule has 3 heterocycles. The summed E-state index contributed by atoms with van der Waals surface area (Å²) in [7, 11) is 1.36. The largest absolute Gasteiger partial charge is 0.465 e. The Labute approximate surface area is 170 Å². The number of piperazine rings is 1. The minimum atomic E-state index is -0.449. The van der Waals surface area contributed by atoms with Gasteiger partial charge < -0.3 is 25.6 Å². The highest BCUT2D eigenvalue weighted by molar-refractivity contribution is 5.94. The second kappa shape index (κ2) is 9.04. The Balaban J connectivity index is 1.49. The molecule has 0 aromatic carbocycles. The zero-order valence-electron chi connectivity index (χ0n) is 16.6. The number of nitrogens with one attached hydrogen (secondary N) is 3. The van der Waals surface area contributed by atoms with E-state index in [1.54, 1.807) is 0 Å². The Kier molecular flexibility index (Phi) is 6.04. The van der Waals surface area contributed by atoms with Gasteiger partial charge in [-0.25, -0.2) is 14.8 Å². The highest BCUT2D eigenvalue weighted by atomic mass is 16.5. The molecule has 0 atom stereocenters. The number of aromatic nitrogens is 3. The molecule has 1 aliphatic carbocycles. The highest BCUT2D eigenvalue weighted by Crippen LogP contribution is 2.25. The van der Waals surface area contributed by atoms with Crippen molar-refractivity contribution in [2.75, 3.05) is 48.8 Å². The quantitative estimate of drug-likeness (QED) is 0.633. The fraction of sp³-hybridized carbons (Fsp3) is 0.500. The number of hydrogen-bond acceptors (Lipinski definition) is 9. The summed E-state index contributed by atoms with van der Waals surface area (Å²) >= 11 is 0. The molecule has 3 N–H and O–H groups in total. The predicted molar refractivity (Wildman–Crippen MR) is 112 cm³/mol. The topological polar surface area (TPSA) is 104 Å². The van der Waals surface area contributed by atoms with E-state index in [1.165, 1.54) is 26.1 Å². The van der Waals surface area contributed by atoms with E-state index < -0.39 is 5.97 Å². The van der Waals surface area contributed by atoms with Gasteiger partial charge in [-0.3, -0.25) is 0 Å². The van der Waals surface area contributed by atoms with Crippen molar-refractivity contribution in [3.8, 4) is 0 Å². The molecule has 1 aliphatic heterocycles. The van der Waals surface area contributed by atoms with Crippen molar-refractivity contribution in [1.29, 1.82) is 0 Å². The minimum Gasteiger partial charge on any atom is -0.465 e. The number of carbonyl (C=O) groups is 1. The first-order chi connectivity index (χ1) is 14.2. The van der Waals surface area contributed by atoms with E-state index in [1.807, 2.05) is 18.3 Å². The van der Waals surface area contributed by atoms with Gasteiger partial charge in [-0.05, 0) is 25.0 Å². The standard InChI is InChI=1S/C20H27N7O2/c1-29-19(28)16-13-23-20(26-18(16)24-14-4-2-3-5-14)25-17-7-6-15(12-22-17)27-10-8-21-9-11-27/h6-7,12-14,21H,2-5,8-11H2,1H3,(H2,22,23,24,25,26). The molecule has 4 rings (SSSR count). The minimum absolute atomic E-state index is 0.317. The van der Waals surface area contributed by atoms with Gasteiger partial charge in [0.2, 0.25) is 5.95 Å². The Bertz CT molecular complexity index is 831. The van der Waals surface area contributed by atoms with Crippen molar-refractivity contribution in [2.24, 2.45) is 0 Å². The first kappa shape index (κ1) is 19.4. The summed E-state index contributed by atoms with van der Waals surface area (Å²) in [4.78, 5) is 27.7. The van der Waals surface area contributed by atoms with Crippen LogP contribution in [0.2, 0.25) is 0 Å². The number of anilines is 4. The molecule has 2 aliphatic rings. The third kappa shape index (κ3) is 4.73. The molecule has 0 spiro atoms. The van der Waals surface area contributed by atoms with E-state index in [-0.39, 0.29) is 0 Å². The number of ether oxygens (including phenoxy) is 1. The molecule has 9 heteroatoms. The lowest BCUT2D eigenvalue weighted by Crippen LogP contribution is -2.43. The molecule has 9 nitrogen and oxygen atoms in total. The SMILES string of the molecule is COC(=O)c1cnc(Nc2ccc(N3CCNCC3)cn2)nc1NC1CCCC1. The molecule has 2 aromatic heterocycles. The first-order valence-corrected chi connectivity index (χ1v) is 10.1. The van der Waals surface area contributed by atoms with Crippen LogP contribution in [0.5, 0.6) is 0 Å². The lowest BCUT2D eigenvalue weighted by molar-refractivity contribution is 0.0601. The smallest absolute Gasteiger partial charge is 0.343 e. The van der Waals surface area contributed by atoms with Crippen molar-refractivity contribution in [2.45, 2.75) is 31.7 Å². The lowest BCUT2D eigenvalue weighted by Gasteiger charge is -2.29. The number of nitrogens with zero attached hydrogens (tertiary/aromatic N) is 4. The summed E-state index contributed by atoms with van der Waals surface area (Å²) < 4.78 is 4.87. The van der Waals surface area contributed by atoms with Crippen molar-refractivity contribution < 1.29 is 9.53 Å². The number of pyridine rings is 1. The summed E-state index contributed by atoms with van der Waals surface area (Å²) in [5.41, 5.74) is 1.44. The van der Waals surface area contributed by atoms with Crippen LogP contribution in [0.4, 0.5) is 23.3 Å². The van der Waals surface area contributed by atoms with Crippen LogP contribution in [0.3, 0.4) is 0 Å². The van der Waals surface area contributed by atoms with Gasteiger partial charge in [-0.1, -0.05) is 12.8 Å². The lowest BCUT2D eigenvalue weighted by atomic mass is 10.2. The molecule has 0 amide bonds. The van der Waals surface area contributed by atoms with Crippen LogP contribution in [-0.2, 0) is 4.74 Å². The maximum Gasteiger partial charge on any atom is 0.343 e. The molecule has 1 saturated carbocycles. The van der Waals surface area contributed by atoms with Crippen LogP contribution in [0.25, 0.3) is 0 Å². The third-order valence-corrected chi connectivity index (χ3v) is 5.36. The predicted octanol–water partition coefficient (Wildman–Crippen LogP) is 2.17. The van der Waals surface area contributed by atoms with E-state index in [2.05, 4.69) is 35.8 Å². The summed E-state index contributed by atoms with van der Waals surface area (Å²) in [6.07, 6.45) is 7.86. The van der Waals surface area contributed by atoms with Gasteiger partial charge in [0.15, 0.2) is 0 Å². The molecule has 0 unspecified atom stereocenters. The second-order valence-electron chi connectivity index (χ2n) is 7.34. The van der Waals surface area contributed by atoms with Crippen LogP contribution < -0.4 is 20.9 Å². The van der Waals surface area contributed by atoms with E-state index >= 15 is 0 Å². The Hall–Kier alpha value is -2.94. The number of rotatable bonds is 6. The summed E-state index contributed by atoms with van der Waals surface area (Å²) in [5.74, 6) is 1.09. The first-order valence-electron chi connectivity index (χ1n) is 10.1. The molecule has 2 aromatic rings. The van der Waals surface area contributed by atoms with E-state index in [9.17, 15) is 4.79 Å². The molecule has 0 radical (unpaired) electrons. The fourth-order valence-electron chi connectivity index (χ4n) is 3.76. The maximum absolute atomic E-state index is 12.1. The second-order valence-corrected chi connectivity index (χ2v) is 7.34. The Morgan fingerprint density at radius 2 is 1.97 bits per heavy atom. The van der Waals surface area contributed by atoms with Crippen LogP contribution in [0.15, 0.2) is 24.5 Å². The van der Waals surface area contributed by atoms with Gasteiger partial charge in [0.05, 0.1) is 19.0 Å². The highest BCUT2D eigenvalue weighted by Gasteiger charge is 2.21. The molecular formula is C20H27N7O2. The number of hydrogen-bond donors (Lipinski definition) is 3. The van der Waals surface area contributed by atoms with Crippen LogP contribution in [-0.4, -0.2) is 60.3 Å². The summed E-state index contributed by atoms with van der Waals surface area (Å²) in [6, 6.07) is 4.28. The Morgan fingerprint density at radius 1 is 1.17 bits per heavy atom. The zero-order chi connectivity index (χ0) is 20.1. The van der Waals surface area contributed by atoms with Crippen molar-refractivity contribution in [3.05, 3.63) is 30.1 Å². The van der Waals surface area contributed by atoms with E-state index in [4.69, 9.17) is 4.74 Å². The average Bonchev–Trinajstić information content (AvgIpc) is 3.28. The van der Waals surface area contributed by atoms with Gasteiger partial charge in [0, 0.05) is 38.4 Å². The molecule has 2 fully saturated rings. The molecule has 0 bridgehead atoms. The normalized spacial score (nSPS) is 17.2. The Morgan fingerprint density at radius 3 is 2.66 bits per heavy atom. The fourth-order valence-corrected chi connectivity index (χ4v) is 3.76. The van der Waals surface area contributed by atoms with Crippen molar-refractivity contribution >= 4 is 29.2 Å². The molecule has 154 valence electrons. The van der Waals surface area contributed by atoms with Gasteiger partial charge in [-0.15, -0.1) is 0 Å². The van der Waals surface area contributed by atoms with E-state index in [0.717, 1.165) is 44.7 Å². The number of esters is 1. The van der Waals surface area contributed by atoms with Crippen molar-refractivity contribution in [3.63, 3.8) is 0 Å². The molecule has 29 heavy (non-hydrogen) atoms. The number of carbonyl (C=O) groups excluding carboxylic acids is 1. The summed E-state index contributed by atoms with van der Waals surface area (Å²) in [5, 5.41) is 9.85. The maximum atomic E-state index is 12.1. The van der Waals surface area contributed by atoms with Crippen LogP contribution in [0.1, 0.15) is 36.0 Å². The van der Waals surface area contributed by atoms with E-state index in [0.29, 0.717) is 29.2 Å². The van der Waals surface area contributed by atoms with Gasteiger partial charge >= 0.3 is 5.97 Å². The van der Waals surface area contributed by atoms with Gasteiger partial charge in [0.1, 0.15) is 17.2 Å². The zero-order valence-corrected chi connectivity index (χ0v) is 16.6. The average molecular weight is 397 g/mol. The third-order valence-electron chi connectivity index (χ3n) is 5.36. The number of methoxy groups -OCH3 is 1. The summed E-state index contributed by atoms with van der Waals surface area (Å²) in [6.45, 7) is 3.92. The van der Waals surface area contributed by atoms with Gasteiger partial charge in [0.25, 0.3) is 0 Å². The van der Waals surface area contributed by atoms with Gasteiger partial charge in [-0.2, -0.15) is 4.98 Å². The van der Waals surface area contributed by atoms with Crippen molar-refractivity contribution in [1.82, 2.24) is 20.3 Å².